The van der Waals surface area contributed by atoms with E-state index in [2.05, 4.69) is 15.5 Å². The summed E-state index contributed by atoms with van der Waals surface area (Å²) in [5.41, 5.74) is 5.00. The Kier molecular flexibility index (Phi) is 4.79. The highest BCUT2D eigenvalue weighted by atomic mass is 32.1. The molecule has 4 nitrogen and oxygen atoms in total. The lowest BCUT2D eigenvalue weighted by molar-refractivity contribution is 0.306. The Morgan fingerprint density at radius 1 is 1.14 bits per heavy atom. The van der Waals surface area contributed by atoms with Gasteiger partial charge >= 0.3 is 0 Å². The summed E-state index contributed by atoms with van der Waals surface area (Å²) in [5, 5.41) is 6.83. The van der Waals surface area contributed by atoms with Gasteiger partial charge in [0.2, 0.25) is 5.13 Å². The van der Waals surface area contributed by atoms with Gasteiger partial charge in [-0.2, -0.15) is 5.10 Å². The van der Waals surface area contributed by atoms with E-state index in [0.29, 0.717) is 6.61 Å². The zero-order valence-electron chi connectivity index (χ0n) is 11.8. The maximum absolute atomic E-state index is 5.79. The van der Waals surface area contributed by atoms with Crippen LogP contribution in [0.2, 0.25) is 0 Å². The number of nitrogens with one attached hydrogen (secondary N) is 1. The third-order valence-electron chi connectivity index (χ3n) is 2.91. The Morgan fingerprint density at radius 2 is 2.05 bits per heavy atom. The Morgan fingerprint density at radius 3 is 2.86 bits per heavy atom. The highest BCUT2D eigenvalue weighted by Crippen LogP contribution is 2.15. The van der Waals surface area contributed by atoms with Crippen molar-refractivity contribution in [2.24, 2.45) is 5.10 Å². The fourth-order valence-corrected chi connectivity index (χ4v) is 2.34. The van der Waals surface area contributed by atoms with Gasteiger partial charge in [0.25, 0.3) is 0 Å². The molecule has 3 aromatic rings. The number of benzene rings is 2. The lowest BCUT2D eigenvalue weighted by Crippen LogP contribution is -1.96. The molecular weight excluding hydrogens is 294 g/mol. The molecule has 1 heterocycles. The number of ether oxygens (including phenoxy) is 1. The van der Waals surface area contributed by atoms with E-state index in [1.807, 2.05) is 60.0 Å². The minimum Gasteiger partial charge on any atom is -0.489 e. The zero-order chi connectivity index (χ0) is 15.0. The third kappa shape index (κ3) is 4.17. The molecule has 0 spiro atoms. The average molecular weight is 309 g/mol. The molecule has 0 amide bonds. The fraction of sp³-hybridized carbons (Fsp3) is 0.0588. The Balaban J connectivity index is 1.58. The monoisotopic (exact) mass is 309 g/mol. The average Bonchev–Trinajstić information content (AvgIpc) is 3.08. The van der Waals surface area contributed by atoms with Gasteiger partial charge in [-0.3, -0.25) is 5.43 Å². The van der Waals surface area contributed by atoms with Gasteiger partial charge in [0.1, 0.15) is 12.4 Å². The summed E-state index contributed by atoms with van der Waals surface area (Å²) in [6, 6.07) is 17.9. The molecule has 0 radical (unpaired) electrons. The number of hydrogen-bond donors (Lipinski definition) is 1. The van der Waals surface area contributed by atoms with Crippen LogP contribution >= 0.6 is 11.3 Å². The second-order valence-electron chi connectivity index (χ2n) is 4.55. The van der Waals surface area contributed by atoms with E-state index < -0.39 is 0 Å². The summed E-state index contributed by atoms with van der Waals surface area (Å²) in [6.07, 6.45) is 3.48. The summed E-state index contributed by atoms with van der Waals surface area (Å²) in [7, 11) is 0. The van der Waals surface area contributed by atoms with Crippen LogP contribution in [0.4, 0.5) is 5.13 Å². The number of thiazole rings is 1. The van der Waals surface area contributed by atoms with Gasteiger partial charge in [0.15, 0.2) is 0 Å². The van der Waals surface area contributed by atoms with Crippen molar-refractivity contribution >= 4 is 22.7 Å². The van der Waals surface area contributed by atoms with Crippen LogP contribution < -0.4 is 10.2 Å². The first-order valence-electron chi connectivity index (χ1n) is 6.85. The van der Waals surface area contributed by atoms with Crippen LogP contribution in [0.5, 0.6) is 5.75 Å². The first-order chi connectivity index (χ1) is 10.9. The number of hydrogen-bond acceptors (Lipinski definition) is 5. The molecule has 22 heavy (non-hydrogen) atoms. The molecule has 2 aromatic carbocycles. The molecule has 1 aromatic heterocycles. The predicted octanol–water partition coefficient (Wildman–Crippen LogP) is 4.17. The summed E-state index contributed by atoms with van der Waals surface area (Å²) in [5.74, 6) is 0.821. The van der Waals surface area contributed by atoms with Gasteiger partial charge in [0.05, 0.1) is 6.21 Å². The topological polar surface area (TPSA) is 46.5 Å². The lowest BCUT2D eigenvalue weighted by Gasteiger charge is -2.06. The van der Waals surface area contributed by atoms with Gasteiger partial charge in [-0.1, -0.05) is 42.5 Å². The summed E-state index contributed by atoms with van der Waals surface area (Å²) >= 11 is 1.51. The highest BCUT2D eigenvalue weighted by Gasteiger charge is 1.97. The van der Waals surface area contributed by atoms with Crippen LogP contribution in [-0.4, -0.2) is 11.2 Å². The van der Waals surface area contributed by atoms with Crippen molar-refractivity contribution < 1.29 is 4.74 Å². The van der Waals surface area contributed by atoms with Gasteiger partial charge < -0.3 is 4.74 Å². The van der Waals surface area contributed by atoms with Crippen molar-refractivity contribution in [3.63, 3.8) is 0 Å². The molecule has 110 valence electrons. The molecule has 0 aliphatic heterocycles. The van der Waals surface area contributed by atoms with E-state index in [9.17, 15) is 0 Å². The van der Waals surface area contributed by atoms with Crippen molar-refractivity contribution in [1.82, 2.24) is 4.98 Å². The van der Waals surface area contributed by atoms with Gasteiger partial charge in [-0.05, 0) is 23.3 Å². The molecule has 0 unspecified atom stereocenters. The lowest BCUT2D eigenvalue weighted by atomic mass is 10.2. The molecule has 0 saturated carbocycles. The number of nitrogens with zero attached hydrogens (tertiary/aromatic N) is 2. The summed E-state index contributed by atoms with van der Waals surface area (Å²) < 4.78 is 5.79. The Bertz CT molecular complexity index is 727. The molecule has 3 rings (SSSR count). The van der Waals surface area contributed by atoms with E-state index in [4.69, 9.17) is 4.74 Å². The molecule has 0 atom stereocenters. The Hall–Kier alpha value is -2.66. The van der Waals surface area contributed by atoms with E-state index in [-0.39, 0.29) is 0 Å². The molecule has 0 aliphatic carbocycles. The second-order valence-corrected chi connectivity index (χ2v) is 5.45. The Labute approximate surface area is 133 Å². The molecule has 5 heteroatoms. The molecule has 0 saturated heterocycles. The quantitative estimate of drug-likeness (QED) is 0.549. The van der Waals surface area contributed by atoms with Crippen LogP contribution in [0, 0.1) is 0 Å². The van der Waals surface area contributed by atoms with Gasteiger partial charge in [-0.15, -0.1) is 11.3 Å². The van der Waals surface area contributed by atoms with E-state index in [0.717, 1.165) is 22.0 Å². The summed E-state index contributed by atoms with van der Waals surface area (Å²) in [4.78, 5) is 4.10. The van der Waals surface area contributed by atoms with E-state index in [1.165, 1.54) is 11.3 Å². The fourth-order valence-electron chi connectivity index (χ4n) is 1.87. The highest BCUT2D eigenvalue weighted by molar-refractivity contribution is 7.13. The predicted molar refractivity (Wildman–Crippen MR) is 90.5 cm³/mol. The third-order valence-corrected chi connectivity index (χ3v) is 3.59. The summed E-state index contributed by atoms with van der Waals surface area (Å²) in [6.45, 7) is 0.554. The minimum atomic E-state index is 0.554. The number of anilines is 1. The van der Waals surface area contributed by atoms with Crippen LogP contribution in [-0.2, 0) is 6.61 Å². The van der Waals surface area contributed by atoms with Crippen molar-refractivity contribution in [1.29, 1.82) is 0 Å². The first-order valence-corrected chi connectivity index (χ1v) is 7.73. The largest absolute Gasteiger partial charge is 0.489 e. The number of hydrazone groups is 1. The van der Waals surface area contributed by atoms with Crippen LogP contribution in [0.3, 0.4) is 0 Å². The molecule has 1 N–H and O–H groups in total. The number of aromatic nitrogens is 1. The molecular formula is C17H15N3OS. The standard InChI is InChI=1S/C17H15N3OS/c1-2-5-14(6-3-1)13-21-16-8-4-7-15(11-16)12-19-20-17-18-9-10-22-17/h1-12H,13H2,(H,18,20)/b19-12-. The van der Waals surface area contributed by atoms with Crippen molar-refractivity contribution in [3.8, 4) is 5.75 Å². The second kappa shape index (κ2) is 7.38. The zero-order valence-corrected chi connectivity index (χ0v) is 12.7. The smallest absolute Gasteiger partial charge is 0.203 e. The van der Waals surface area contributed by atoms with Crippen molar-refractivity contribution in [2.75, 3.05) is 5.43 Å². The van der Waals surface area contributed by atoms with Crippen LogP contribution in [0.1, 0.15) is 11.1 Å². The number of rotatable bonds is 6. The van der Waals surface area contributed by atoms with Crippen LogP contribution in [0.15, 0.2) is 71.3 Å². The van der Waals surface area contributed by atoms with Crippen LogP contribution in [0.25, 0.3) is 0 Å². The first kappa shape index (κ1) is 14.3. The minimum absolute atomic E-state index is 0.554. The SMILES string of the molecule is C(=N/Nc1nccs1)/c1cccc(OCc2ccccc2)c1. The normalized spacial score (nSPS) is 10.7. The van der Waals surface area contributed by atoms with Crippen molar-refractivity contribution in [2.45, 2.75) is 6.61 Å². The van der Waals surface area contributed by atoms with E-state index >= 15 is 0 Å². The van der Waals surface area contributed by atoms with E-state index in [1.54, 1.807) is 12.4 Å². The maximum atomic E-state index is 5.79. The molecule has 0 fully saturated rings. The maximum Gasteiger partial charge on any atom is 0.203 e. The van der Waals surface area contributed by atoms with Gasteiger partial charge in [0, 0.05) is 11.6 Å². The van der Waals surface area contributed by atoms with Gasteiger partial charge in [-0.25, -0.2) is 4.98 Å². The molecule has 0 aliphatic rings. The molecule has 0 bridgehead atoms. The van der Waals surface area contributed by atoms with Crippen molar-refractivity contribution in [3.05, 3.63) is 77.3 Å².